The maximum Gasteiger partial charge on any atom is 0.317 e. The summed E-state index contributed by atoms with van der Waals surface area (Å²) in [5, 5.41) is 6.88. The van der Waals surface area contributed by atoms with E-state index in [-0.39, 0.29) is 25.0 Å². The number of nitrogens with one attached hydrogen (secondary N) is 1. The molecule has 1 atom stereocenters. The summed E-state index contributed by atoms with van der Waals surface area (Å²) in [6, 6.07) is -0.141. The van der Waals surface area contributed by atoms with Gasteiger partial charge in [0.2, 0.25) is 5.89 Å². The number of ether oxygens (including phenoxy) is 2. The number of rotatable bonds is 7. The van der Waals surface area contributed by atoms with Crippen LogP contribution in [0.2, 0.25) is 0 Å². The van der Waals surface area contributed by atoms with Crippen LogP contribution in [0, 0.1) is 5.92 Å². The average molecular weight is 380 g/mol. The summed E-state index contributed by atoms with van der Waals surface area (Å²) in [5.74, 6) is 1.74. The van der Waals surface area contributed by atoms with Gasteiger partial charge in [-0.05, 0) is 32.1 Å². The first kappa shape index (κ1) is 19.6. The summed E-state index contributed by atoms with van der Waals surface area (Å²) in [6.45, 7) is 5.24. The zero-order chi connectivity index (χ0) is 19.1. The highest BCUT2D eigenvalue weighted by Crippen LogP contribution is 2.26. The fourth-order valence-corrected chi connectivity index (χ4v) is 3.52. The van der Waals surface area contributed by atoms with Gasteiger partial charge < -0.3 is 24.2 Å². The second kappa shape index (κ2) is 9.68. The highest BCUT2D eigenvalue weighted by Gasteiger charge is 2.28. The summed E-state index contributed by atoms with van der Waals surface area (Å²) >= 11 is 0. The van der Waals surface area contributed by atoms with Gasteiger partial charge in [0.1, 0.15) is 0 Å². The van der Waals surface area contributed by atoms with Crippen molar-refractivity contribution in [3.8, 4) is 0 Å². The molecule has 0 bridgehead atoms. The van der Waals surface area contributed by atoms with Crippen molar-refractivity contribution < 1.29 is 23.6 Å². The standard InChI is InChI=1S/C18H28N4O5/c1-2-26-16(23)3-7-19-18(24)22-8-4-13(12-22)11-15-20-17(27-21-15)14-5-9-25-10-6-14/h13-14H,2-12H2,1H3,(H,19,24). The van der Waals surface area contributed by atoms with Crippen molar-refractivity contribution in [2.45, 2.75) is 44.9 Å². The van der Waals surface area contributed by atoms with Gasteiger partial charge in [-0.3, -0.25) is 4.79 Å². The molecule has 1 N–H and O–H groups in total. The van der Waals surface area contributed by atoms with Crippen molar-refractivity contribution in [2.24, 2.45) is 5.92 Å². The van der Waals surface area contributed by atoms with Crippen molar-refractivity contribution in [3.05, 3.63) is 11.7 Å². The van der Waals surface area contributed by atoms with E-state index in [0.717, 1.165) is 32.5 Å². The van der Waals surface area contributed by atoms with Crippen LogP contribution in [-0.2, 0) is 20.7 Å². The number of urea groups is 1. The Morgan fingerprint density at radius 3 is 2.89 bits per heavy atom. The normalized spacial score (nSPS) is 20.6. The van der Waals surface area contributed by atoms with E-state index in [1.54, 1.807) is 11.8 Å². The van der Waals surface area contributed by atoms with Gasteiger partial charge in [0.05, 0.1) is 13.0 Å². The minimum absolute atomic E-state index is 0.141. The molecule has 2 aliphatic rings. The molecule has 2 amide bonds. The van der Waals surface area contributed by atoms with Crippen molar-refractivity contribution in [3.63, 3.8) is 0 Å². The zero-order valence-corrected chi connectivity index (χ0v) is 15.8. The molecule has 0 aliphatic carbocycles. The monoisotopic (exact) mass is 380 g/mol. The van der Waals surface area contributed by atoms with Gasteiger partial charge in [-0.1, -0.05) is 5.16 Å². The minimum atomic E-state index is -0.297. The van der Waals surface area contributed by atoms with Crippen molar-refractivity contribution in [1.82, 2.24) is 20.4 Å². The van der Waals surface area contributed by atoms with Crippen molar-refractivity contribution in [1.29, 1.82) is 0 Å². The lowest BCUT2D eigenvalue weighted by molar-refractivity contribution is -0.142. The number of esters is 1. The van der Waals surface area contributed by atoms with Gasteiger partial charge >= 0.3 is 12.0 Å². The average Bonchev–Trinajstić information content (AvgIpc) is 3.33. The van der Waals surface area contributed by atoms with Gasteiger partial charge in [-0.15, -0.1) is 0 Å². The summed E-state index contributed by atoms with van der Waals surface area (Å²) < 4.78 is 15.6. The second-order valence-corrected chi connectivity index (χ2v) is 7.03. The molecule has 3 rings (SSSR count). The maximum absolute atomic E-state index is 12.2. The van der Waals surface area contributed by atoms with Gasteiger partial charge in [0.15, 0.2) is 5.82 Å². The van der Waals surface area contributed by atoms with Gasteiger partial charge in [-0.25, -0.2) is 4.79 Å². The summed E-state index contributed by atoms with van der Waals surface area (Å²) in [7, 11) is 0. The van der Waals surface area contributed by atoms with Crippen LogP contribution in [0.25, 0.3) is 0 Å². The second-order valence-electron chi connectivity index (χ2n) is 7.03. The van der Waals surface area contributed by atoms with Crippen LogP contribution in [0.4, 0.5) is 4.79 Å². The van der Waals surface area contributed by atoms with E-state index in [2.05, 4.69) is 15.5 Å². The molecule has 150 valence electrons. The molecule has 9 heteroatoms. The van der Waals surface area contributed by atoms with Crippen LogP contribution in [-0.4, -0.2) is 66.5 Å². The molecular formula is C18H28N4O5. The fraction of sp³-hybridized carbons (Fsp3) is 0.778. The van der Waals surface area contributed by atoms with Crippen LogP contribution in [0.1, 0.15) is 50.2 Å². The predicted molar refractivity (Wildman–Crippen MR) is 95.1 cm³/mol. The van der Waals surface area contributed by atoms with Crippen LogP contribution in [0.15, 0.2) is 4.52 Å². The van der Waals surface area contributed by atoms with Crippen LogP contribution < -0.4 is 5.32 Å². The van der Waals surface area contributed by atoms with Crippen LogP contribution in [0.5, 0.6) is 0 Å². The molecule has 0 aromatic carbocycles. The molecule has 0 saturated carbocycles. The number of amides is 2. The van der Waals surface area contributed by atoms with E-state index in [0.29, 0.717) is 49.7 Å². The number of aromatic nitrogens is 2. The first-order valence-corrected chi connectivity index (χ1v) is 9.74. The van der Waals surface area contributed by atoms with Crippen LogP contribution in [0.3, 0.4) is 0 Å². The Hall–Kier alpha value is -2.16. The van der Waals surface area contributed by atoms with E-state index in [1.165, 1.54) is 0 Å². The molecule has 9 nitrogen and oxygen atoms in total. The number of nitrogens with zero attached hydrogens (tertiary/aromatic N) is 3. The number of carbonyl (C=O) groups excluding carboxylic acids is 2. The Morgan fingerprint density at radius 1 is 1.30 bits per heavy atom. The zero-order valence-electron chi connectivity index (χ0n) is 15.8. The first-order chi connectivity index (χ1) is 13.2. The molecule has 1 aromatic rings. The molecule has 2 aliphatic heterocycles. The largest absolute Gasteiger partial charge is 0.466 e. The van der Waals surface area contributed by atoms with Crippen molar-refractivity contribution >= 4 is 12.0 Å². The van der Waals surface area contributed by atoms with E-state index in [1.807, 2.05) is 0 Å². The molecule has 27 heavy (non-hydrogen) atoms. The van der Waals surface area contributed by atoms with Gasteiger partial charge in [0, 0.05) is 45.2 Å². The summed E-state index contributed by atoms with van der Waals surface area (Å²) in [5.41, 5.74) is 0. The highest BCUT2D eigenvalue weighted by atomic mass is 16.5. The van der Waals surface area contributed by atoms with E-state index in [9.17, 15) is 9.59 Å². The number of likely N-dealkylation sites (tertiary alicyclic amines) is 1. The molecule has 1 unspecified atom stereocenters. The quantitative estimate of drug-likeness (QED) is 0.714. The summed E-state index contributed by atoms with van der Waals surface area (Å²) in [4.78, 5) is 29.8. The van der Waals surface area contributed by atoms with Crippen molar-refractivity contribution in [2.75, 3.05) is 39.5 Å². The Morgan fingerprint density at radius 2 is 2.11 bits per heavy atom. The van der Waals surface area contributed by atoms with Gasteiger partial charge in [-0.2, -0.15) is 4.98 Å². The third-order valence-electron chi connectivity index (χ3n) is 5.01. The molecule has 0 radical (unpaired) electrons. The first-order valence-electron chi connectivity index (χ1n) is 9.74. The Balaban J connectivity index is 1.40. The van der Waals surface area contributed by atoms with E-state index in [4.69, 9.17) is 14.0 Å². The maximum atomic E-state index is 12.2. The fourth-order valence-electron chi connectivity index (χ4n) is 3.52. The summed E-state index contributed by atoms with van der Waals surface area (Å²) in [6.07, 6.45) is 3.65. The Kier molecular flexibility index (Phi) is 7.03. The lowest BCUT2D eigenvalue weighted by Crippen LogP contribution is -2.39. The molecule has 1 aromatic heterocycles. The Bertz CT molecular complexity index is 629. The number of carbonyl (C=O) groups is 2. The molecule has 3 heterocycles. The highest BCUT2D eigenvalue weighted by molar-refractivity contribution is 5.75. The van der Waals surface area contributed by atoms with Gasteiger partial charge in [0.25, 0.3) is 0 Å². The predicted octanol–water partition coefficient (Wildman–Crippen LogP) is 1.49. The molecule has 2 saturated heterocycles. The lowest BCUT2D eigenvalue weighted by Gasteiger charge is -2.18. The third-order valence-corrected chi connectivity index (χ3v) is 5.01. The van der Waals surface area contributed by atoms with E-state index < -0.39 is 0 Å². The lowest BCUT2D eigenvalue weighted by atomic mass is 10.0. The topological polar surface area (TPSA) is 107 Å². The number of hydrogen-bond acceptors (Lipinski definition) is 7. The molecule has 0 spiro atoms. The SMILES string of the molecule is CCOC(=O)CCNC(=O)N1CCC(Cc2noc(C3CCOCC3)n2)C1. The smallest absolute Gasteiger partial charge is 0.317 e. The Labute approximate surface area is 158 Å². The van der Waals surface area contributed by atoms with E-state index >= 15 is 0 Å². The van der Waals surface area contributed by atoms with Crippen LogP contribution >= 0.6 is 0 Å². The molecular weight excluding hydrogens is 352 g/mol. The molecule has 2 fully saturated rings. The minimum Gasteiger partial charge on any atom is -0.466 e. The number of hydrogen-bond donors (Lipinski definition) is 1. The third kappa shape index (κ3) is 5.66.